The van der Waals surface area contributed by atoms with Crippen molar-refractivity contribution in [2.45, 2.75) is 12.0 Å². The average Bonchev–Trinajstić information content (AvgIpc) is 3.06. The molecule has 5 nitrogen and oxygen atoms in total. The molecule has 4 rings (SSSR count). The molecule has 0 saturated carbocycles. The molecule has 1 atom stereocenters. The van der Waals surface area contributed by atoms with Gasteiger partial charge in [0.05, 0.1) is 5.54 Å². The fourth-order valence-corrected chi connectivity index (χ4v) is 3.70. The van der Waals surface area contributed by atoms with E-state index in [4.69, 9.17) is 17.3 Å². The molecule has 0 spiro atoms. The Hall–Kier alpha value is -2.63. The SMILES string of the molecule is NC1(c2ccccc2)CCN(C(=O)c2cc3ccc(Cl)cc3c(=O)[nH]2)C1. The fourth-order valence-electron chi connectivity index (χ4n) is 3.53. The lowest BCUT2D eigenvalue weighted by atomic mass is 9.90. The Kier molecular flexibility index (Phi) is 4.05. The standard InChI is InChI=1S/C20H18ClN3O2/c21-15-7-6-13-10-17(23-18(25)16(13)11-15)19(26)24-9-8-20(22,12-24)14-4-2-1-3-5-14/h1-7,10-11H,8-9,12,22H2,(H,23,25). The molecule has 1 aliphatic rings. The lowest BCUT2D eigenvalue weighted by Gasteiger charge is -2.25. The number of aromatic amines is 1. The van der Waals surface area contributed by atoms with Crippen LogP contribution in [0.1, 0.15) is 22.5 Å². The first-order valence-electron chi connectivity index (χ1n) is 8.43. The minimum Gasteiger partial charge on any atom is -0.335 e. The Labute approximate surface area is 155 Å². The number of aromatic nitrogens is 1. The molecule has 1 amide bonds. The molecule has 3 N–H and O–H groups in total. The largest absolute Gasteiger partial charge is 0.335 e. The van der Waals surface area contributed by atoms with Crippen LogP contribution in [-0.4, -0.2) is 28.9 Å². The van der Waals surface area contributed by atoms with Gasteiger partial charge in [-0.15, -0.1) is 0 Å². The maximum Gasteiger partial charge on any atom is 0.270 e. The van der Waals surface area contributed by atoms with E-state index in [1.165, 1.54) is 0 Å². The summed E-state index contributed by atoms with van der Waals surface area (Å²) in [5, 5.41) is 1.63. The maximum absolute atomic E-state index is 12.9. The quantitative estimate of drug-likeness (QED) is 0.731. The molecule has 132 valence electrons. The van der Waals surface area contributed by atoms with Crippen LogP contribution >= 0.6 is 11.6 Å². The summed E-state index contributed by atoms with van der Waals surface area (Å²) in [5.74, 6) is -0.220. The highest BCUT2D eigenvalue weighted by molar-refractivity contribution is 6.31. The predicted molar refractivity (Wildman–Crippen MR) is 102 cm³/mol. The molecule has 1 aromatic heterocycles. The van der Waals surface area contributed by atoms with Gasteiger partial charge in [-0.1, -0.05) is 48.0 Å². The summed E-state index contributed by atoms with van der Waals surface area (Å²) in [6.07, 6.45) is 0.677. The maximum atomic E-state index is 12.9. The number of amides is 1. The molecule has 0 radical (unpaired) electrons. The van der Waals surface area contributed by atoms with E-state index in [0.717, 1.165) is 5.56 Å². The molecule has 0 aliphatic carbocycles. The van der Waals surface area contributed by atoms with E-state index >= 15 is 0 Å². The van der Waals surface area contributed by atoms with Gasteiger partial charge in [0.2, 0.25) is 0 Å². The Morgan fingerprint density at radius 1 is 1.15 bits per heavy atom. The molecule has 1 aliphatic heterocycles. The number of hydrogen-bond acceptors (Lipinski definition) is 3. The zero-order valence-corrected chi connectivity index (χ0v) is 14.8. The monoisotopic (exact) mass is 367 g/mol. The molecule has 2 heterocycles. The highest BCUT2D eigenvalue weighted by Gasteiger charge is 2.38. The summed E-state index contributed by atoms with van der Waals surface area (Å²) in [7, 11) is 0. The minimum absolute atomic E-state index is 0.220. The lowest BCUT2D eigenvalue weighted by molar-refractivity contribution is 0.0778. The normalized spacial score (nSPS) is 19.8. The number of benzene rings is 2. The number of hydrogen-bond donors (Lipinski definition) is 2. The highest BCUT2D eigenvalue weighted by Crippen LogP contribution is 2.30. The molecular weight excluding hydrogens is 350 g/mol. The van der Waals surface area contributed by atoms with E-state index in [-0.39, 0.29) is 17.2 Å². The van der Waals surface area contributed by atoms with Crippen molar-refractivity contribution < 1.29 is 4.79 Å². The Morgan fingerprint density at radius 2 is 1.92 bits per heavy atom. The fraction of sp³-hybridized carbons (Fsp3) is 0.200. The van der Waals surface area contributed by atoms with Crippen molar-refractivity contribution in [3.8, 4) is 0 Å². The van der Waals surface area contributed by atoms with Crippen molar-refractivity contribution in [3.05, 3.63) is 81.2 Å². The van der Waals surface area contributed by atoms with Crippen molar-refractivity contribution in [1.29, 1.82) is 0 Å². The van der Waals surface area contributed by atoms with Crippen LogP contribution < -0.4 is 11.3 Å². The van der Waals surface area contributed by atoms with Gasteiger partial charge >= 0.3 is 0 Å². The molecule has 6 heteroatoms. The van der Waals surface area contributed by atoms with Crippen LogP contribution in [0.2, 0.25) is 5.02 Å². The Balaban J connectivity index is 1.64. The third-order valence-corrected chi connectivity index (χ3v) is 5.21. The first-order chi connectivity index (χ1) is 12.5. The number of nitrogens with two attached hydrogens (primary N) is 1. The van der Waals surface area contributed by atoms with Crippen LogP contribution in [-0.2, 0) is 5.54 Å². The number of likely N-dealkylation sites (tertiary alicyclic amines) is 1. The molecule has 1 unspecified atom stereocenters. The number of nitrogens with zero attached hydrogens (tertiary/aromatic N) is 1. The molecular formula is C20H18ClN3O2. The predicted octanol–water partition coefficient (Wildman–Crippen LogP) is 2.88. The summed E-state index contributed by atoms with van der Waals surface area (Å²) >= 11 is 5.94. The van der Waals surface area contributed by atoms with Gasteiger partial charge in [0.15, 0.2) is 0 Å². The van der Waals surface area contributed by atoms with Gasteiger partial charge in [0.1, 0.15) is 5.69 Å². The van der Waals surface area contributed by atoms with Crippen LogP contribution in [0.3, 0.4) is 0 Å². The van der Waals surface area contributed by atoms with Gasteiger partial charge in [-0.25, -0.2) is 0 Å². The van der Waals surface area contributed by atoms with Crippen molar-refractivity contribution >= 4 is 28.3 Å². The van der Waals surface area contributed by atoms with Crippen LogP contribution in [0.15, 0.2) is 59.4 Å². The number of fused-ring (bicyclic) bond motifs is 1. The van der Waals surface area contributed by atoms with Crippen LogP contribution in [0, 0.1) is 0 Å². The number of carbonyl (C=O) groups excluding carboxylic acids is 1. The van der Waals surface area contributed by atoms with E-state index in [2.05, 4.69) is 4.98 Å². The van der Waals surface area contributed by atoms with E-state index in [1.807, 2.05) is 30.3 Å². The second-order valence-electron chi connectivity index (χ2n) is 6.74. The summed E-state index contributed by atoms with van der Waals surface area (Å²) in [6, 6.07) is 16.5. The van der Waals surface area contributed by atoms with Crippen LogP contribution in [0.4, 0.5) is 0 Å². The minimum atomic E-state index is -0.568. The molecule has 2 aromatic carbocycles. The van der Waals surface area contributed by atoms with Gasteiger partial charge in [-0.2, -0.15) is 0 Å². The summed E-state index contributed by atoms with van der Waals surface area (Å²) in [5.41, 5.74) is 6.93. The van der Waals surface area contributed by atoms with Gasteiger partial charge < -0.3 is 15.6 Å². The van der Waals surface area contributed by atoms with Gasteiger partial charge in [-0.05, 0) is 35.6 Å². The second kappa shape index (κ2) is 6.27. The van der Waals surface area contributed by atoms with Crippen molar-refractivity contribution in [2.24, 2.45) is 5.73 Å². The van der Waals surface area contributed by atoms with Crippen molar-refractivity contribution in [1.82, 2.24) is 9.88 Å². The first kappa shape index (κ1) is 16.8. The number of H-pyrrole nitrogens is 1. The smallest absolute Gasteiger partial charge is 0.270 e. The summed E-state index contributed by atoms with van der Waals surface area (Å²) in [4.78, 5) is 29.6. The number of halogens is 1. The molecule has 1 fully saturated rings. The topological polar surface area (TPSA) is 79.2 Å². The number of rotatable bonds is 2. The molecule has 1 saturated heterocycles. The van der Waals surface area contributed by atoms with Gasteiger partial charge in [0, 0.05) is 23.5 Å². The van der Waals surface area contributed by atoms with Gasteiger partial charge in [0.25, 0.3) is 11.5 Å². The Morgan fingerprint density at radius 3 is 2.69 bits per heavy atom. The zero-order chi connectivity index (χ0) is 18.3. The molecule has 0 bridgehead atoms. The Bertz CT molecular complexity index is 1050. The lowest BCUT2D eigenvalue weighted by Crippen LogP contribution is -2.41. The van der Waals surface area contributed by atoms with Crippen LogP contribution in [0.25, 0.3) is 10.8 Å². The van der Waals surface area contributed by atoms with E-state index in [0.29, 0.717) is 35.3 Å². The third kappa shape index (κ3) is 2.89. The number of nitrogens with one attached hydrogen (secondary N) is 1. The van der Waals surface area contributed by atoms with Gasteiger partial charge in [-0.3, -0.25) is 9.59 Å². The average molecular weight is 368 g/mol. The first-order valence-corrected chi connectivity index (χ1v) is 8.80. The van der Waals surface area contributed by atoms with E-state index in [1.54, 1.807) is 29.2 Å². The van der Waals surface area contributed by atoms with Crippen molar-refractivity contribution in [3.63, 3.8) is 0 Å². The van der Waals surface area contributed by atoms with E-state index in [9.17, 15) is 9.59 Å². The zero-order valence-electron chi connectivity index (χ0n) is 14.0. The second-order valence-corrected chi connectivity index (χ2v) is 7.18. The van der Waals surface area contributed by atoms with Crippen molar-refractivity contribution in [2.75, 3.05) is 13.1 Å². The summed E-state index contributed by atoms with van der Waals surface area (Å²) < 4.78 is 0. The molecule has 3 aromatic rings. The molecule has 26 heavy (non-hydrogen) atoms. The number of pyridine rings is 1. The summed E-state index contributed by atoms with van der Waals surface area (Å²) in [6.45, 7) is 0.960. The number of carbonyl (C=O) groups is 1. The highest BCUT2D eigenvalue weighted by atomic mass is 35.5. The van der Waals surface area contributed by atoms with Crippen LogP contribution in [0.5, 0.6) is 0 Å². The van der Waals surface area contributed by atoms with E-state index < -0.39 is 5.54 Å². The third-order valence-electron chi connectivity index (χ3n) is 4.98.